The topological polar surface area (TPSA) is 79.5 Å². The van der Waals surface area contributed by atoms with Crippen LogP contribution in [0.4, 0.5) is 5.69 Å². The Morgan fingerprint density at radius 1 is 1.23 bits per heavy atom. The molecule has 3 aromatic rings. The van der Waals surface area contributed by atoms with Crippen molar-refractivity contribution in [1.29, 1.82) is 0 Å². The monoisotopic (exact) mass is 348 g/mol. The lowest BCUT2D eigenvalue weighted by molar-refractivity contribution is 0.102. The number of aromatic nitrogens is 2. The number of para-hydroxylation sites is 1. The average Bonchev–Trinajstić information content (AvgIpc) is 2.99. The summed E-state index contributed by atoms with van der Waals surface area (Å²) in [6, 6.07) is 15.6. The first-order valence-corrected chi connectivity index (χ1v) is 8.24. The summed E-state index contributed by atoms with van der Waals surface area (Å²) < 4.78 is 1.63. The number of nitrogens with one attached hydrogen (secondary N) is 1. The first kappa shape index (κ1) is 17.4. The van der Waals surface area contributed by atoms with E-state index in [1.807, 2.05) is 55.5 Å². The largest absolute Gasteiger partial charge is 0.411 e. The van der Waals surface area contributed by atoms with Crippen LogP contribution in [0.5, 0.6) is 0 Å². The highest BCUT2D eigenvalue weighted by molar-refractivity contribution is 6.06. The fourth-order valence-corrected chi connectivity index (χ4v) is 2.82. The van der Waals surface area contributed by atoms with Crippen molar-refractivity contribution < 1.29 is 10.0 Å². The van der Waals surface area contributed by atoms with Crippen LogP contribution in [-0.2, 0) is 13.5 Å². The third kappa shape index (κ3) is 3.80. The molecule has 1 aromatic heterocycles. The third-order valence-corrected chi connectivity index (χ3v) is 4.11. The van der Waals surface area contributed by atoms with Crippen LogP contribution in [0.2, 0.25) is 0 Å². The second kappa shape index (κ2) is 7.65. The van der Waals surface area contributed by atoms with Gasteiger partial charge < -0.3 is 10.5 Å². The van der Waals surface area contributed by atoms with E-state index < -0.39 is 0 Å². The Labute approximate surface area is 151 Å². The van der Waals surface area contributed by atoms with Crippen LogP contribution in [0.3, 0.4) is 0 Å². The molecule has 132 valence electrons. The van der Waals surface area contributed by atoms with Crippen LogP contribution in [0.1, 0.15) is 21.6 Å². The predicted octanol–water partition coefficient (Wildman–Crippen LogP) is 3.65. The summed E-state index contributed by atoms with van der Waals surface area (Å²) in [5, 5.41) is 18.7. The van der Waals surface area contributed by atoms with Gasteiger partial charge in [-0.25, -0.2) is 0 Å². The number of oxime groups is 1. The molecular formula is C20H20N4O2. The van der Waals surface area contributed by atoms with E-state index in [9.17, 15) is 4.79 Å². The lowest BCUT2D eigenvalue weighted by atomic mass is 10.0. The minimum atomic E-state index is -0.182. The Hall–Kier alpha value is -3.41. The van der Waals surface area contributed by atoms with Gasteiger partial charge in [-0.2, -0.15) is 5.10 Å². The summed E-state index contributed by atoms with van der Waals surface area (Å²) in [6.07, 6.45) is 3.72. The van der Waals surface area contributed by atoms with Crippen LogP contribution in [-0.4, -0.2) is 27.1 Å². The molecule has 0 saturated carbocycles. The SMILES string of the molecule is Cc1nn(C)cc1C(=O)Nc1ccccc1-c1ccc(CC=NO)cc1. The first-order chi connectivity index (χ1) is 12.6. The van der Waals surface area contributed by atoms with E-state index in [0.717, 1.165) is 22.4 Å². The Kier molecular flexibility index (Phi) is 5.12. The van der Waals surface area contributed by atoms with Crippen molar-refractivity contribution in [2.24, 2.45) is 12.2 Å². The second-order valence-electron chi connectivity index (χ2n) is 6.00. The number of hydrogen-bond donors (Lipinski definition) is 2. The minimum Gasteiger partial charge on any atom is -0.411 e. The van der Waals surface area contributed by atoms with Crippen molar-refractivity contribution in [3.8, 4) is 11.1 Å². The van der Waals surface area contributed by atoms with Crippen molar-refractivity contribution in [2.75, 3.05) is 5.32 Å². The zero-order valence-electron chi connectivity index (χ0n) is 14.7. The van der Waals surface area contributed by atoms with E-state index in [0.29, 0.717) is 17.7 Å². The molecule has 2 aromatic carbocycles. The number of hydrogen-bond acceptors (Lipinski definition) is 4. The third-order valence-electron chi connectivity index (χ3n) is 4.11. The number of carbonyl (C=O) groups excluding carboxylic acids is 1. The molecule has 0 spiro atoms. The maximum atomic E-state index is 12.6. The summed E-state index contributed by atoms with van der Waals surface area (Å²) in [6.45, 7) is 1.81. The highest BCUT2D eigenvalue weighted by Crippen LogP contribution is 2.28. The molecule has 0 aliphatic carbocycles. The van der Waals surface area contributed by atoms with Crippen molar-refractivity contribution >= 4 is 17.8 Å². The molecular weight excluding hydrogens is 328 g/mol. The van der Waals surface area contributed by atoms with Gasteiger partial charge in [-0.1, -0.05) is 42.5 Å². The summed E-state index contributed by atoms with van der Waals surface area (Å²) in [7, 11) is 1.79. The Bertz CT molecular complexity index is 943. The number of carbonyl (C=O) groups is 1. The van der Waals surface area contributed by atoms with Gasteiger partial charge in [0.15, 0.2) is 0 Å². The average molecular weight is 348 g/mol. The van der Waals surface area contributed by atoms with Gasteiger partial charge in [0.25, 0.3) is 5.91 Å². The van der Waals surface area contributed by atoms with Crippen molar-refractivity contribution in [2.45, 2.75) is 13.3 Å². The molecule has 6 heteroatoms. The fraction of sp³-hybridized carbons (Fsp3) is 0.150. The van der Waals surface area contributed by atoms with Gasteiger partial charge in [-0.3, -0.25) is 9.48 Å². The zero-order chi connectivity index (χ0) is 18.5. The number of benzene rings is 2. The first-order valence-electron chi connectivity index (χ1n) is 8.24. The standard InChI is InChI=1S/C20H20N4O2/c1-14-18(13-24(2)23-14)20(25)22-19-6-4-3-5-17(19)16-9-7-15(8-10-16)11-12-21-26/h3-10,12-13,26H,11H2,1-2H3,(H,22,25). The smallest absolute Gasteiger partial charge is 0.259 e. The van der Waals surface area contributed by atoms with Crippen LogP contribution in [0.25, 0.3) is 11.1 Å². The second-order valence-corrected chi connectivity index (χ2v) is 6.00. The van der Waals surface area contributed by atoms with E-state index in [1.165, 1.54) is 6.21 Å². The summed E-state index contributed by atoms with van der Waals surface area (Å²) >= 11 is 0. The molecule has 0 aliphatic heterocycles. The van der Waals surface area contributed by atoms with Gasteiger partial charge in [0.05, 0.1) is 11.3 Å². The summed E-state index contributed by atoms with van der Waals surface area (Å²) in [5.41, 5.74) is 4.96. The van der Waals surface area contributed by atoms with E-state index in [1.54, 1.807) is 17.9 Å². The maximum absolute atomic E-state index is 12.6. The molecule has 0 bridgehead atoms. The predicted molar refractivity (Wildman–Crippen MR) is 102 cm³/mol. The number of nitrogens with zero attached hydrogens (tertiary/aromatic N) is 3. The van der Waals surface area contributed by atoms with Crippen LogP contribution < -0.4 is 5.32 Å². The van der Waals surface area contributed by atoms with Crippen molar-refractivity contribution in [3.63, 3.8) is 0 Å². The highest BCUT2D eigenvalue weighted by Gasteiger charge is 2.14. The molecule has 0 saturated heterocycles. The Balaban J connectivity index is 1.86. The van der Waals surface area contributed by atoms with Crippen LogP contribution >= 0.6 is 0 Å². The van der Waals surface area contributed by atoms with Crippen molar-refractivity contribution in [1.82, 2.24) is 9.78 Å². The van der Waals surface area contributed by atoms with Crippen LogP contribution in [0.15, 0.2) is 59.9 Å². The van der Waals surface area contributed by atoms with Crippen molar-refractivity contribution in [3.05, 3.63) is 71.5 Å². The van der Waals surface area contributed by atoms with E-state index in [-0.39, 0.29) is 5.91 Å². The number of amides is 1. The molecule has 1 heterocycles. The quantitative estimate of drug-likeness (QED) is 0.420. The van der Waals surface area contributed by atoms with Gasteiger partial charge >= 0.3 is 0 Å². The molecule has 2 N–H and O–H groups in total. The number of anilines is 1. The number of rotatable bonds is 5. The molecule has 1 amide bonds. The maximum Gasteiger partial charge on any atom is 0.259 e. The van der Waals surface area contributed by atoms with E-state index >= 15 is 0 Å². The fourth-order valence-electron chi connectivity index (χ4n) is 2.82. The minimum absolute atomic E-state index is 0.182. The lowest BCUT2D eigenvalue weighted by Gasteiger charge is -2.11. The number of aryl methyl sites for hydroxylation is 2. The van der Waals surface area contributed by atoms with Crippen LogP contribution in [0, 0.1) is 6.92 Å². The Morgan fingerprint density at radius 3 is 2.62 bits per heavy atom. The van der Waals surface area contributed by atoms with Gasteiger partial charge in [-0.05, 0) is 24.1 Å². The molecule has 6 nitrogen and oxygen atoms in total. The van der Waals surface area contributed by atoms with E-state index in [4.69, 9.17) is 5.21 Å². The van der Waals surface area contributed by atoms with Gasteiger partial charge in [0.2, 0.25) is 0 Å². The lowest BCUT2D eigenvalue weighted by Crippen LogP contribution is -2.13. The van der Waals surface area contributed by atoms with Gasteiger partial charge in [0.1, 0.15) is 0 Å². The summed E-state index contributed by atoms with van der Waals surface area (Å²) in [5.74, 6) is -0.182. The molecule has 3 rings (SSSR count). The molecule has 0 radical (unpaired) electrons. The van der Waals surface area contributed by atoms with E-state index in [2.05, 4.69) is 15.6 Å². The molecule has 0 atom stereocenters. The normalized spacial score (nSPS) is 11.0. The Morgan fingerprint density at radius 2 is 1.96 bits per heavy atom. The molecule has 0 unspecified atom stereocenters. The zero-order valence-corrected chi connectivity index (χ0v) is 14.7. The molecule has 0 aliphatic rings. The molecule has 0 fully saturated rings. The van der Waals surface area contributed by atoms with Gasteiger partial charge in [0, 0.05) is 37.1 Å². The molecule has 26 heavy (non-hydrogen) atoms. The van der Waals surface area contributed by atoms with Gasteiger partial charge in [-0.15, -0.1) is 5.16 Å². The summed E-state index contributed by atoms with van der Waals surface area (Å²) in [4.78, 5) is 12.6. The highest BCUT2D eigenvalue weighted by atomic mass is 16.4.